The zero-order chi connectivity index (χ0) is 26.4. The second-order valence-corrected chi connectivity index (χ2v) is 11.1. The number of thioether (sulfide) groups is 1. The molecular formula is C26H29F3N6OS. The highest BCUT2D eigenvalue weighted by Gasteiger charge is 2.67. The molecule has 3 heterocycles. The molecule has 2 aliphatic rings. The van der Waals surface area contributed by atoms with E-state index in [1.54, 1.807) is 36.0 Å². The van der Waals surface area contributed by atoms with Gasteiger partial charge in [-0.2, -0.15) is 13.2 Å². The third-order valence-corrected chi connectivity index (χ3v) is 9.02. The first kappa shape index (κ1) is 25.7. The topological polar surface area (TPSA) is 98.7 Å². The molecule has 37 heavy (non-hydrogen) atoms. The fourth-order valence-electron chi connectivity index (χ4n) is 5.80. The van der Waals surface area contributed by atoms with Crippen molar-refractivity contribution in [2.75, 3.05) is 18.8 Å². The van der Waals surface area contributed by atoms with Gasteiger partial charge in [0.05, 0.1) is 5.56 Å². The van der Waals surface area contributed by atoms with Gasteiger partial charge >= 0.3 is 6.18 Å². The van der Waals surface area contributed by atoms with Gasteiger partial charge in [0.25, 0.3) is 5.91 Å². The summed E-state index contributed by atoms with van der Waals surface area (Å²) in [5, 5.41) is 12.8. The summed E-state index contributed by atoms with van der Waals surface area (Å²) in [6.45, 7) is 3.74. The molecule has 196 valence electrons. The SMILES string of the molecule is Cc1ccc(C(N)=O)nc1-c1nnc(SCCC[C@]2(c3ccc(C(F)(F)F)cc3)C[C@]23CCNC3)n1C. The molecule has 1 aromatic carbocycles. The normalized spacial score (nSPS) is 23.1. The predicted molar refractivity (Wildman–Crippen MR) is 135 cm³/mol. The van der Waals surface area contributed by atoms with E-state index in [0.717, 1.165) is 60.8 Å². The average molecular weight is 531 g/mol. The molecule has 11 heteroatoms. The number of primary amides is 1. The van der Waals surface area contributed by atoms with Crippen LogP contribution < -0.4 is 11.1 Å². The Morgan fingerprint density at radius 3 is 2.59 bits per heavy atom. The van der Waals surface area contributed by atoms with Gasteiger partial charge < -0.3 is 15.6 Å². The van der Waals surface area contributed by atoms with Crippen LogP contribution in [0.5, 0.6) is 0 Å². The van der Waals surface area contributed by atoms with Crippen molar-refractivity contribution in [3.63, 3.8) is 0 Å². The maximum atomic E-state index is 13.1. The van der Waals surface area contributed by atoms with E-state index < -0.39 is 17.6 Å². The van der Waals surface area contributed by atoms with Crippen molar-refractivity contribution in [3.05, 3.63) is 58.8 Å². The molecule has 0 bridgehead atoms. The highest BCUT2D eigenvalue weighted by molar-refractivity contribution is 7.99. The standard InChI is InChI=1S/C26H29F3N6OS/c1-16-4-9-19(21(30)36)32-20(16)22-33-34-23(35(22)2)37-13-3-10-25(14-24(25)11-12-31-15-24)17-5-7-18(8-6-17)26(27,28)29/h4-9,31H,3,10-15H2,1-2H3,(H2,30,36)/t24-,25+/m0/s1. The van der Waals surface area contributed by atoms with Crippen LogP contribution in [0.4, 0.5) is 13.2 Å². The molecule has 2 aromatic heterocycles. The van der Waals surface area contributed by atoms with Crippen LogP contribution in [0.15, 0.2) is 41.6 Å². The Morgan fingerprint density at radius 2 is 1.95 bits per heavy atom. The molecule has 1 aliphatic heterocycles. The lowest BCUT2D eigenvalue weighted by Crippen LogP contribution is -2.22. The molecule has 2 fully saturated rings. The number of carbonyl (C=O) groups is 1. The van der Waals surface area contributed by atoms with Crippen LogP contribution in [0.25, 0.3) is 11.5 Å². The molecule has 7 nitrogen and oxygen atoms in total. The van der Waals surface area contributed by atoms with Gasteiger partial charge in [0.1, 0.15) is 11.4 Å². The number of aryl methyl sites for hydroxylation is 1. The lowest BCUT2D eigenvalue weighted by Gasteiger charge is -2.23. The van der Waals surface area contributed by atoms with E-state index in [4.69, 9.17) is 5.73 Å². The Labute approximate surface area is 217 Å². The fourth-order valence-corrected chi connectivity index (χ4v) is 6.65. The number of nitrogens with zero attached hydrogens (tertiary/aromatic N) is 4. The third-order valence-electron chi connectivity index (χ3n) is 7.91. The van der Waals surface area contributed by atoms with Crippen LogP contribution in [0.1, 0.15) is 52.9 Å². The monoisotopic (exact) mass is 530 g/mol. The summed E-state index contributed by atoms with van der Waals surface area (Å²) in [6, 6.07) is 9.15. The molecular weight excluding hydrogens is 501 g/mol. The molecule has 3 aromatic rings. The molecule has 5 rings (SSSR count). The zero-order valence-corrected chi connectivity index (χ0v) is 21.5. The van der Waals surface area contributed by atoms with E-state index in [1.807, 2.05) is 18.5 Å². The van der Waals surface area contributed by atoms with Gasteiger partial charge in [0.2, 0.25) is 0 Å². The largest absolute Gasteiger partial charge is 0.416 e. The summed E-state index contributed by atoms with van der Waals surface area (Å²) < 4.78 is 41.2. The van der Waals surface area contributed by atoms with E-state index in [9.17, 15) is 18.0 Å². The van der Waals surface area contributed by atoms with Gasteiger partial charge in [-0.15, -0.1) is 10.2 Å². The van der Waals surface area contributed by atoms with Crippen LogP contribution >= 0.6 is 11.8 Å². The third kappa shape index (κ3) is 4.63. The summed E-state index contributed by atoms with van der Waals surface area (Å²) in [6.07, 6.45) is -0.491. The van der Waals surface area contributed by atoms with Crippen molar-refractivity contribution in [1.82, 2.24) is 25.1 Å². The Bertz CT molecular complexity index is 1320. The fraction of sp³-hybridized carbons (Fsp3) is 0.462. The van der Waals surface area contributed by atoms with E-state index >= 15 is 0 Å². The minimum Gasteiger partial charge on any atom is -0.364 e. The first-order valence-corrected chi connectivity index (χ1v) is 13.2. The van der Waals surface area contributed by atoms with Crippen molar-refractivity contribution in [2.45, 2.75) is 49.4 Å². The van der Waals surface area contributed by atoms with Gasteiger partial charge in [-0.25, -0.2) is 4.98 Å². The average Bonchev–Trinajstić information content (AvgIpc) is 3.10. The Hall–Kier alpha value is -2.92. The van der Waals surface area contributed by atoms with Gasteiger partial charge in [-0.3, -0.25) is 4.79 Å². The number of pyridine rings is 1. The molecule has 1 spiro atoms. The second-order valence-electron chi connectivity index (χ2n) is 10.1. The number of nitrogens with two attached hydrogens (primary N) is 1. The number of carbonyl (C=O) groups excluding carboxylic acids is 1. The number of rotatable bonds is 8. The van der Waals surface area contributed by atoms with Gasteiger partial charge in [-0.1, -0.05) is 30.0 Å². The molecule has 3 N–H and O–H groups in total. The minimum atomic E-state index is -4.33. The van der Waals surface area contributed by atoms with E-state index in [0.29, 0.717) is 11.5 Å². The summed E-state index contributed by atoms with van der Waals surface area (Å²) in [5.41, 5.74) is 7.41. The Kier molecular flexibility index (Phi) is 6.56. The molecule has 1 aliphatic carbocycles. The molecule has 1 amide bonds. The Balaban J connectivity index is 1.28. The van der Waals surface area contributed by atoms with Crippen LogP contribution in [0.2, 0.25) is 0 Å². The number of hydrogen-bond donors (Lipinski definition) is 2. The predicted octanol–water partition coefficient (Wildman–Crippen LogP) is 4.50. The van der Waals surface area contributed by atoms with Gasteiger partial charge in [-0.05, 0) is 73.9 Å². The number of nitrogens with one attached hydrogen (secondary N) is 1. The van der Waals surface area contributed by atoms with Crippen LogP contribution in [-0.4, -0.2) is 44.5 Å². The van der Waals surface area contributed by atoms with E-state index in [1.165, 1.54) is 12.1 Å². The maximum Gasteiger partial charge on any atom is 0.416 e. The van der Waals surface area contributed by atoms with Crippen molar-refractivity contribution >= 4 is 17.7 Å². The molecule has 2 atom stereocenters. The molecule has 0 radical (unpaired) electrons. The first-order valence-electron chi connectivity index (χ1n) is 12.2. The number of hydrogen-bond acceptors (Lipinski definition) is 6. The number of benzene rings is 1. The smallest absolute Gasteiger partial charge is 0.364 e. The number of halogens is 3. The van der Waals surface area contributed by atoms with E-state index in [2.05, 4.69) is 20.5 Å². The van der Waals surface area contributed by atoms with Gasteiger partial charge in [0.15, 0.2) is 11.0 Å². The molecule has 1 saturated heterocycles. The van der Waals surface area contributed by atoms with Crippen molar-refractivity contribution in [3.8, 4) is 11.5 Å². The summed E-state index contributed by atoms with van der Waals surface area (Å²) in [7, 11) is 1.86. The quantitative estimate of drug-likeness (QED) is 0.329. The highest BCUT2D eigenvalue weighted by Crippen LogP contribution is 2.69. The summed E-state index contributed by atoms with van der Waals surface area (Å²) in [4.78, 5) is 15.9. The lowest BCUT2D eigenvalue weighted by atomic mass is 9.81. The number of alkyl halides is 3. The second kappa shape index (κ2) is 9.43. The van der Waals surface area contributed by atoms with Crippen LogP contribution in [0.3, 0.4) is 0 Å². The minimum absolute atomic E-state index is 0.0948. The number of amides is 1. The summed E-state index contributed by atoms with van der Waals surface area (Å²) in [5.74, 6) is 0.754. The van der Waals surface area contributed by atoms with E-state index in [-0.39, 0.29) is 16.5 Å². The first-order chi connectivity index (χ1) is 17.6. The maximum absolute atomic E-state index is 13.1. The summed E-state index contributed by atoms with van der Waals surface area (Å²) >= 11 is 1.58. The van der Waals surface area contributed by atoms with Crippen LogP contribution in [0, 0.1) is 12.3 Å². The van der Waals surface area contributed by atoms with Crippen molar-refractivity contribution in [2.24, 2.45) is 18.2 Å². The molecule has 0 unspecified atom stereocenters. The van der Waals surface area contributed by atoms with Crippen molar-refractivity contribution in [1.29, 1.82) is 0 Å². The number of aromatic nitrogens is 4. The van der Waals surface area contributed by atoms with Gasteiger partial charge in [0, 0.05) is 24.8 Å². The van der Waals surface area contributed by atoms with Crippen molar-refractivity contribution < 1.29 is 18.0 Å². The highest BCUT2D eigenvalue weighted by atomic mass is 32.2. The van der Waals surface area contributed by atoms with Crippen LogP contribution in [-0.2, 0) is 18.6 Å². The lowest BCUT2D eigenvalue weighted by molar-refractivity contribution is -0.137. The Morgan fingerprint density at radius 1 is 1.19 bits per heavy atom. The molecule has 1 saturated carbocycles. The zero-order valence-electron chi connectivity index (χ0n) is 20.7.